The van der Waals surface area contributed by atoms with Crippen molar-refractivity contribution in [3.8, 4) is 5.75 Å². The summed E-state index contributed by atoms with van der Waals surface area (Å²) in [6.45, 7) is 2.04. The van der Waals surface area contributed by atoms with Crippen molar-refractivity contribution in [1.29, 1.82) is 0 Å². The molecule has 2 rings (SSSR count). The summed E-state index contributed by atoms with van der Waals surface area (Å²) in [5, 5.41) is 9.86. The van der Waals surface area contributed by atoms with Gasteiger partial charge in [-0.1, -0.05) is 23.7 Å². The number of hydrogen-bond acceptors (Lipinski definition) is 2. The zero-order chi connectivity index (χ0) is 19.7. The summed E-state index contributed by atoms with van der Waals surface area (Å²) in [5.74, 6) is -7.55. The molecule has 0 spiro atoms. The highest BCUT2D eigenvalue weighted by Gasteiger charge is 2.51. The van der Waals surface area contributed by atoms with Crippen LogP contribution < -0.4 is 4.74 Å². The van der Waals surface area contributed by atoms with Gasteiger partial charge in [-0.05, 0) is 43.7 Å². The number of ether oxygens (including phenoxy) is 1. The van der Waals surface area contributed by atoms with E-state index in [9.17, 15) is 27.1 Å². The number of benzene rings is 2. The topological polar surface area (TPSA) is 29.5 Å². The highest BCUT2D eigenvalue weighted by Crippen LogP contribution is 2.41. The number of alkyl halides is 2. The van der Waals surface area contributed by atoms with Gasteiger partial charge in [0.2, 0.25) is 0 Å². The number of aliphatic hydroxyl groups is 1. The van der Waals surface area contributed by atoms with Gasteiger partial charge in [-0.2, -0.15) is 0 Å². The third-order valence-corrected chi connectivity index (χ3v) is 4.28. The summed E-state index contributed by atoms with van der Waals surface area (Å²) in [5.41, 5.74) is -2.86. The fourth-order valence-electron chi connectivity index (χ4n) is 2.40. The molecule has 0 aliphatic heterocycles. The molecule has 8 heteroatoms. The summed E-state index contributed by atoms with van der Waals surface area (Å²) >= 11 is 5.53. The first-order chi connectivity index (χ1) is 12.0. The monoisotopic (exact) mass is 394 g/mol. The second-order valence-corrected chi connectivity index (χ2v) is 6.50. The van der Waals surface area contributed by atoms with Crippen LogP contribution in [0.15, 0.2) is 36.4 Å². The predicted octanol–water partition coefficient (Wildman–Crippen LogP) is 5.46. The Morgan fingerprint density at radius 1 is 1.08 bits per heavy atom. The van der Waals surface area contributed by atoms with Gasteiger partial charge in [0, 0.05) is 0 Å². The van der Waals surface area contributed by atoms with Gasteiger partial charge >= 0.3 is 0 Å². The SMILES string of the molecule is CC(CC(F)(F)C(C)(O)c1ccc(F)cc1)Oc1c(F)ccc(Cl)c1F. The Kier molecular flexibility index (Phi) is 5.82. The van der Waals surface area contributed by atoms with E-state index in [1.54, 1.807) is 0 Å². The third kappa shape index (κ3) is 4.10. The predicted molar refractivity (Wildman–Crippen MR) is 87.0 cm³/mol. The summed E-state index contributed by atoms with van der Waals surface area (Å²) in [7, 11) is 0. The van der Waals surface area contributed by atoms with Crippen LogP contribution in [0.2, 0.25) is 5.02 Å². The normalized spacial score (nSPS) is 15.4. The molecular formula is C18H16ClF5O2. The van der Waals surface area contributed by atoms with Crippen molar-refractivity contribution in [2.75, 3.05) is 0 Å². The van der Waals surface area contributed by atoms with Crippen LogP contribution in [0, 0.1) is 17.5 Å². The lowest BCUT2D eigenvalue weighted by molar-refractivity contribution is -0.190. The van der Waals surface area contributed by atoms with Gasteiger partial charge in [0.05, 0.1) is 11.4 Å². The Labute approximate surface area is 152 Å². The molecule has 0 fully saturated rings. The molecule has 0 saturated heterocycles. The minimum atomic E-state index is -3.74. The van der Waals surface area contributed by atoms with Gasteiger partial charge in [-0.15, -0.1) is 0 Å². The minimum Gasteiger partial charge on any atom is -0.484 e. The van der Waals surface area contributed by atoms with Crippen molar-refractivity contribution in [3.05, 3.63) is 64.4 Å². The van der Waals surface area contributed by atoms with Crippen molar-refractivity contribution in [3.63, 3.8) is 0 Å². The van der Waals surface area contributed by atoms with Crippen molar-refractivity contribution in [2.24, 2.45) is 0 Å². The average Bonchev–Trinajstić information content (AvgIpc) is 2.55. The molecule has 0 bridgehead atoms. The highest BCUT2D eigenvalue weighted by atomic mass is 35.5. The van der Waals surface area contributed by atoms with E-state index in [1.807, 2.05) is 0 Å². The summed E-state index contributed by atoms with van der Waals surface area (Å²) in [6.07, 6.45) is -2.41. The largest absolute Gasteiger partial charge is 0.484 e. The number of halogens is 6. The first-order valence-electron chi connectivity index (χ1n) is 7.62. The fraction of sp³-hybridized carbons (Fsp3) is 0.333. The molecule has 2 atom stereocenters. The molecule has 2 aromatic rings. The van der Waals surface area contributed by atoms with Gasteiger partial charge < -0.3 is 9.84 Å². The zero-order valence-electron chi connectivity index (χ0n) is 13.9. The quantitative estimate of drug-likeness (QED) is 0.521. The minimum absolute atomic E-state index is 0.212. The van der Waals surface area contributed by atoms with E-state index in [-0.39, 0.29) is 5.56 Å². The van der Waals surface area contributed by atoms with Gasteiger partial charge in [-0.25, -0.2) is 22.0 Å². The highest BCUT2D eigenvalue weighted by molar-refractivity contribution is 6.30. The standard InChI is InChI=1S/C18H16ClF5O2/c1-10(26-16-14(21)8-7-13(19)15(16)22)9-18(23,24)17(2,25)11-3-5-12(20)6-4-11/h3-8,10,25H,9H2,1-2H3. The molecule has 0 aliphatic rings. The van der Waals surface area contributed by atoms with E-state index in [0.717, 1.165) is 43.3 Å². The fourth-order valence-corrected chi connectivity index (χ4v) is 2.55. The molecule has 2 aromatic carbocycles. The van der Waals surface area contributed by atoms with Gasteiger partial charge in [-0.3, -0.25) is 0 Å². The molecule has 2 unspecified atom stereocenters. The Morgan fingerprint density at radius 3 is 2.23 bits per heavy atom. The maximum absolute atomic E-state index is 14.6. The van der Waals surface area contributed by atoms with Crippen LogP contribution in [-0.2, 0) is 5.60 Å². The van der Waals surface area contributed by atoms with Crippen LogP contribution in [0.3, 0.4) is 0 Å². The van der Waals surface area contributed by atoms with Crippen LogP contribution in [0.4, 0.5) is 22.0 Å². The first-order valence-corrected chi connectivity index (χ1v) is 8.00. The van der Waals surface area contributed by atoms with E-state index >= 15 is 0 Å². The van der Waals surface area contributed by atoms with Crippen molar-refractivity contribution in [2.45, 2.75) is 37.9 Å². The van der Waals surface area contributed by atoms with Crippen LogP contribution in [0.25, 0.3) is 0 Å². The maximum Gasteiger partial charge on any atom is 0.283 e. The van der Waals surface area contributed by atoms with Gasteiger partial charge in [0.1, 0.15) is 11.9 Å². The average molecular weight is 395 g/mol. The lowest BCUT2D eigenvalue weighted by Crippen LogP contribution is -2.45. The molecule has 0 aromatic heterocycles. The Hall–Kier alpha value is -1.86. The van der Waals surface area contributed by atoms with E-state index in [0.29, 0.717) is 0 Å². The molecule has 142 valence electrons. The van der Waals surface area contributed by atoms with Gasteiger partial charge in [0.25, 0.3) is 5.92 Å². The second kappa shape index (κ2) is 7.40. The zero-order valence-corrected chi connectivity index (χ0v) is 14.6. The Balaban J connectivity index is 2.20. The van der Waals surface area contributed by atoms with Crippen LogP contribution in [0.1, 0.15) is 25.8 Å². The molecule has 26 heavy (non-hydrogen) atoms. The van der Waals surface area contributed by atoms with E-state index in [4.69, 9.17) is 16.3 Å². The molecule has 0 saturated carbocycles. The molecule has 2 nitrogen and oxygen atoms in total. The summed E-state index contributed by atoms with van der Waals surface area (Å²) < 4.78 is 74.6. The van der Waals surface area contributed by atoms with Crippen molar-refractivity contribution < 1.29 is 31.8 Å². The lowest BCUT2D eigenvalue weighted by atomic mass is 9.86. The molecule has 0 amide bonds. The summed E-state index contributed by atoms with van der Waals surface area (Å²) in [4.78, 5) is 0. The molecule has 1 N–H and O–H groups in total. The number of hydrogen-bond donors (Lipinski definition) is 1. The van der Waals surface area contributed by atoms with Crippen LogP contribution in [-0.4, -0.2) is 17.1 Å². The molecule has 0 aliphatic carbocycles. The molecule has 0 heterocycles. The smallest absolute Gasteiger partial charge is 0.283 e. The van der Waals surface area contributed by atoms with E-state index < -0.39 is 52.3 Å². The van der Waals surface area contributed by atoms with Crippen LogP contribution in [0.5, 0.6) is 5.75 Å². The summed E-state index contributed by atoms with van der Waals surface area (Å²) in [6, 6.07) is 5.77. The second-order valence-electron chi connectivity index (χ2n) is 6.09. The van der Waals surface area contributed by atoms with E-state index in [2.05, 4.69) is 0 Å². The number of rotatable bonds is 6. The molecular weight excluding hydrogens is 379 g/mol. The maximum atomic E-state index is 14.6. The lowest BCUT2D eigenvalue weighted by Gasteiger charge is -2.34. The van der Waals surface area contributed by atoms with Crippen LogP contribution >= 0.6 is 11.6 Å². The van der Waals surface area contributed by atoms with E-state index in [1.165, 1.54) is 6.92 Å². The Morgan fingerprint density at radius 2 is 1.65 bits per heavy atom. The molecule has 0 radical (unpaired) electrons. The Bertz CT molecular complexity index is 778. The van der Waals surface area contributed by atoms with Crippen molar-refractivity contribution >= 4 is 11.6 Å². The first kappa shape index (κ1) is 20.5. The third-order valence-electron chi connectivity index (χ3n) is 3.98. The van der Waals surface area contributed by atoms with Gasteiger partial charge in [0.15, 0.2) is 23.0 Å². The van der Waals surface area contributed by atoms with Crippen molar-refractivity contribution in [1.82, 2.24) is 0 Å².